The van der Waals surface area contributed by atoms with Crippen LogP contribution in [0, 0.1) is 11.7 Å². The van der Waals surface area contributed by atoms with Crippen LogP contribution in [-0.4, -0.2) is 27.5 Å². The third-order valence-corrected chi connectivity index (χ3v) is 8.97. The van der Waals surface area contributed by atoms with E-state index in [0.29, 0.717) is 21.3 Å². The monoisotopic (exact) mass is 497 g/mol. The first kappa shape index (κ1) is 22.5. The molecule has 1 saturated heterocycles. The number of fused-ring (bicyclic) bond motifs is 2. The number of carbonyl (C=O) groups excluding carboxylic acids is 3. The molecule has 7 nitrogen and oxygen atoms in total. The second-order valence-electron chi connectivity index (χ2n) is 8.73. The molecule has 2 aromatic carbocycles. The summed E-state index contributed by atoms with van der Waals surface area (Å²) in [6, 6.07) is 14.1. The number of amides is 3. The number of imide groups is 1. The van der Waals surface area contributed by atoms with Crippen LogP contribution < -0.4 is 15.1 Å². The van der Waals surface area contributed by atoms with Gasteiger partial charge in [0.05, 0.1) is 16.6 Å². The number of aromatic nitrogens is 1. The van der Waals surface area contributed by atoms with Gasteiger partial charge in [-0.1, -0.05) is 55.1 Å². The van der Waals surface area contributed by atoms with Crippen molar-refractivity contribution >= 4 is 52.2 Å². The Morgan fingerprint density at radius 1 is 1.03 bits per heavy atom. The van der Waals surface area contributed by atoms with Gasteiger partial charge >= 0.3 is 4.87 Å². The second-order valence-corrected chi connectivity index (χ2v) is 10.8. The summed E-state index contributed by atoms with van der Waals surface area (Å²) in [6.07, 6.45) is 0. The van der Waals surface area contributed by atoms with Crippen molar-refractivity contribution in [3.8, 4) is 0 Å². The van der Waals surface area contributed by atoms with Crippen molar-refractivity contribution in [2.75, 3.05) is 10.2 Å². The van der Waals surface area contributed by atoms with Gasteiger partial charge < -0.3 is 5.32 Å². The van der Waals surface area contributed by atoms with E-state index in [2.05, 4.69) is 5.32 Å². The molecule has 3 amide bonds. The quantitative estimate of drug-likeness (QED) is 0.556. The number of nitrogens with one attached hydrogen (secondary N) is 1. The maximum Gasteiger partial charge on any atom is 0.308 e. The van der Waals surface area contributed by atoms with Crippen molar-refractivity contribution in [1.82, 2.24) is 4.57 Å². The van der Waals surface area contributed by atoms with Crippen LogP contribution in [0.15, 0.2) is 64.4 Å². The lowest BCUT2D eigenvalue weighted by atomic mass is 9.76. The standard InChI is InChI=1S/C24H20FN3O4S2/c1-24(2)17-18(21(31)28(20(17)30)15-10-8-13(25)9-11-15)33-22-19(24)34-23(32)27(22)12-16(29)26-14-6-4-3-5-7-14/h3-11,17-18H,12H2,1-2H3,(H,26,29). The summed E-state index contributed by atoms with van der Waals surface area (Å²) < 4.78 is 14.8. The molecule has 1 aromatic heterocycles. The van der Waals surface area contributed by atoms with E-state index in [1.54, 1.807) is 24.3 Å². The van der Waals surface area contributed by atoms with E-state index in [-0.39, 0.29) is 23.2 Å². The smallest absolute Gasteiger partial charge is 0.308 e. The molecule has 2 atom stereocenters. The number of rotatable bonds is 4. The Bertz CT molecular complexity index is 1370. The predicted octanol–water partition coefficient (Wildman–Crippen LogP) is 3.63. The highest BCUT2D eigenvalue weighted by atomic mass is 32.2. The summed E-state index contributed by atoms with van der Waals surface area (Å²) in [5, 5.41) is 2.55. The zero-order chi connectivity index (χ0) is 24.2. The van der Waals surface area contributed by atoms with Crippen molar-refractivity contribution in [3.05, 3.63) is 75.0 Å². The molecule has 10 heteroatoms. The van der Waals surface area contributed by atoms with Gasteiger partial charge in [0.15, 0.2) is 0 Å². The largest absolute Gasteiger partial charge is 0.325 e. The molecule has 0 bridgehead atoms. The molecule has 0 saturated carbocycles. The van der Waals surface area contributed by atoms with Crippen LogP contribution in [-0.2, 0) is 26.3 Å². The number of anilines is 2. The Balaban J connectivity index is 1.48. The molecular weight excluding hydrogens is 477 g/mol. The van der Waals surface area contributed by atoms with Gasteiger partial charge in [0, 0.05) is 16.0 Å². The number of hydrogen-bond donors (Lipinski definition) is 1. The highest BCUT2D eigenvalue weighted by Gasteiger charge is 2.59. The minimum absolute atomic E-state index is 0.205. The van der Waals surface area contributed by atoms with Gasteiger partial charge in [0.25, 0.3) is 0 Å². The number of benzene rings is 2. The molecule has 1 N–H and O–H groups in total. The van der Waals surface area contributed by atoms with Crippen molar-refractivity contribution in [2.24, 2.45) is 5.92 Å². The van der Waals surface area contributed by atoms with Gasteiger partial charge in [-0.15, -0.1) is 0 Å². The first-order valence-corrected chi connectivity index (χ1v) is 12.3. The fourth-order valence-electron chi connectivity index (χ4n) is 4.48. The van der Waals surface area contributed by atoms with Crippen molar-refractivity contribution in [2.45, 2.75) is 36.1 Å². The number of hydrogen-bond acceptors (Lipinski definition) is 6. The first-order chi connectivity index (χ1) is 16.2. The summed E-state index contributed by atoms with van der Waals surface area (Å²) >= 11 is 2.14. The molecule has 0 aliphatic carbocycles. The topological polar surface area (TPSA) is 88.5 Å². The van der Waals surface area contributed by atoms with Gasteiger partial charge in [-0.05, 0) is 36.4 Å². The average Bonchev–Trinajstić information content (AvgIpc) is 3.24. The van der Waals surface area contributed by atoms with Crippen LogP contribution in [0.4, 0.5) is 15.8 Å². The Kier molecular flexibility index (Phi) is 5.44. The maximum absolute atomic E-state index is 13.4. The van der Waals surface area contributed by atoms with Crippen molar-refractivity contribution < 1.29 is 18.8 Å². The highest BCUT2D eigenvalue weighted by molar-refractivity contribution is 8.00. The second kappa shape index (κ2) is 8.21. The fourth-order valence-corrected chi connectivity index (χ4v) is 7.52. The number of halogens is 1. The van der Waals surface area contributed by atoms with Crippen molar-refractivity contribution in [3.63, 3.8) is 0 Å². The molecule has 5 rings (SSSR count). The van der Waals surface area contributed by atoms with E-state index in [0.717, 1.165) is 28.0 Å². The lowest BCUT2D eigenvalue weighted by Crippen LogP contribution is -2.41. The molecule has 0 radical (unpaired) electrons. The number of thioether (sulfide) groups is 1. The molecule has 3 aromatic rings. The van der Waals surface area contributed by atoms with E-state index in [4.69, 9.17) is 0 Å². The molecule has 2 aliphatic heterocycles. The fraction of sp³-hybridized carbons (Fsp3) is 0.250. The summed E-state index contributed by atoms with van der Waals surface area (Å²) in [5.74, 6) is -2.30. The van der Waals surface area contributed by atoms with Crippen LogP contribution in [0.25, 0.3) is 0 Å². The van der Waals surface area contributed by atoms with E-state index >= 15 is 0 Å². The molecular formula is C24H20FN3O4S2. The molecule has 2 unspecified atom stereocenters. The van der Waals surface area contributed by atoms with E-state index < -0.39 is 28.3 Å². The molecule has 2 aliphatic rings. The van der Waals surface area contributed by atoms with Gasteiger partial charge in [0.2, 0.25) is 17.7 Å². The number of thiazole rings is 1. The Hall–Kier alpha value is -3.24. The predicted molar refractivity (Wildman–Crippen MR) is 129 cm³/mol. The maximum atomic E-state index is 13.4. The van der Waals surface area contributed by atoms with E-state index in [9.17, 15) is 23.6 Å². The van der Waals surface area contributed by atoms with Crippen molar-refractivity contribution in [1.29, 1.82) is 0 Å². The minimum Gasteiger partial charge on any atom is -0.325 e. The number of carbonyl (C=O) groups is 3. The van der Waals surface area contributed by atoms with Gasteiger partial charge in [0.1, 0.15) is 17.6 Å². The van der Waals surface area contributed by atoms with Crippen LogP contribution in [0.5, 0.6) is 0 Å². The van der Waals surface area contributed by atoms with E-state index in [1.807, 2.05) is 19.9 Å². The minimum atomic E-state index is -0.808. The highest BCUT2D eigenvalue weighted by Crippen LogP contribution is 2.54. The van der Waals surface area contributed by atoms with Gasteiger partial charge in [-0.3, -0.25) is 23.7 Å². The molecule has 1 fully saturated rings. The third kappa shape index (κ3) is 3.57. The molecule has 174 valence electrons. The summed E-state index contributed by atoms with van der Waals surface area (Å²) in [5.41, 5.74) is 0.118. The lowest BCUT2D eigenvalue weighted by molar-refractivity contribution is -0.123. The summed E-state index contributed by atoms with van der Waals surface area (Å²) in [7, 11) is 0. The van der Waals surface area contributed by atoms with Crippen LogP contribution in [0.1, 0.15) is 18.7 Å². The Morgan fingerprint density at radius 3 is 2.38 bits per heavy atom. The van der Waals surface area contributed by atoms with Crippen LogP contribution >= 0.6 is 23.1 Å². The number of para-hydroxylation sites is 1. The number of nitrogens with zero attached hydrogens (tertiary/aromatic N) is 2. The van der Waals surface area contributed by atoms with Gasteiger partial charge in [-0.25, -0.2) is 9.29 Å². The normalized spacial score (nSPS) is 20.7. The van der Waals surface area contributed by atoms with Crippen LogP contribution in [0.3, 0.4) is 0 Å². The third-order valence-electron chi connectivity index (χ3n) is 6.15. The lowest BCUT2D eigenvalue weighted by Gasteiger charge is -2.36. The zero-order valence-corrected chi connectivity index (χ0v) is 19.9. The molecule has 0 spiro atoms. The van der Waals surface area contributed by atoms with E-state index in [1.165, 1.54) is 28.8 Å². The molecule has 3 heterocycles. The summed E-state index contributed by atoms with van der Waals surface area (Å²) in [6.45, 7) is 3.48. The zero-order valence-electron chi connectivity index (χ0n) is 18.3. The Morgan fingerprint density at radius 2 is 1.71 bits per heavy atom. The average molecular weight is 498 g/mol. The first-order valence-electron chi connectivity index (χ1n) is 10.6. The molecule has 34 heavy (non-hydrogen) atoms. The Labute approximate surface area is 202 Å². The SMILES string of the molecule is CC1(C)c2sc(=O)n(CC(=O)Nc3ccccc3)c2SC2C(=O)N(c3ccc(F)cc3)C(=O)C21. The van der Waals surface area contributed by atoms with Crippen LogP contribution in [0.2, 0.25) is 0 Å². The summed E-state index contributed by atoms with van der Waals surface area (Å²) in [4.78, 5) is 53.7. The van der Waals surface area contributed by atoms with Gasteiger partial charge in [-0.2, -0.15) is 0 Å².